The molecule has 0 aromatic heterocycles. The average Bonchev–Trinajstić information content (AvgIpc) is 1.25. The van der Waals surface area contributed by atoms with Gasteiger partial charge in [-0.25, -0.2) is 0 Å². The van der Waals surface area contributed by atoms with E-state index in [0.29, 0.717) is 0 Å². The van der Waals surface area contributed by atoms with Crippen molar-refractivity contribution in [2.75, 3.05) is 21.1 Å². The van der Waals surface area contributed by atoms with E-state index in [1.165, 1.54) is 4.90 Å². The van der Waals surface area contributed by atoms with E-state index in [0.717, 1.165) is 0 Å². The first-order chi connectivity index (χ1) is 3.46. The zero-order valence-electron chi connectivity index (χ0n) is 5.17. The maximum absolute atomic E-state index is 8.25. The summed E-state index contributed by atoms with van der Waals surface area (Å²) >= 11 is 0. The van der Waals surface area contributed by atoms with Crippen LogP contribution in [0.25, 0.3) is 0 Å². The molecule has 0 heterocycles. The lowest BCUT2D eigenvalue weighted by molar-refractivity contribution is -0.836. The van der Waals surface area contributed by atoms with Crippen LogP contribution in [0, 0.1) is 15.3 Å². The highest BCUT2D eigenvalue weighted by Crippen LogP contribution is 1.44. The normalized spacial score (nSPS) is 7.50. The smallest absolute Gasteiger partial charge is 0.0689 e. The third kappa shape index (κ3) is 127. The average molecular weight is 122 g/mol. The highest BCUT2D eigenvalue weighted by Gasteiger charge is 1.61. The summed E-state index contributed by atoms with van der Waals surface area (Å²) in [5.74, 6) is 0. The summed E-state index contributed by atoms with van der Waals surface area (Å²) in [7, 11) is 6.25. The molecule has 0 aliphatic rings. The van der Waals surface area contributed by atoms with E-state index in [4.69, 9.17) is 15.3 Å². The van der Waals surface area contributed by atoms with Crippen molar-refractivity contribution in [3.05, 3.63) is 15.3 Å². The van der Waals surface area contributed by atoms with Crippen molar-refractivity contribution in [1.82, 2.24) is 0 Å². The molecule has 0 saturated carbocycles. The molecule has 0 atom stereocenters. The number of nitrogens with one attached hydrogen (secondary N) is 1. The van der Waals surface area contributed by atoms with Gasteiger partial charge in [0, 0.05) is 0 Å². The van der Waals surface area contributed by atoms with Crippen LogP contribution in [0.15, 0.2) is 0 Å². The Kier molecular flexibility index (Phi) is 7.86. The molecule has 0 spiro atoms. The van der Waals surface area contributed by atoms with Crippen LogP contribution in [0.3, 0.4) is 0 Å². The third-order valence-electron chi connectivity index (χ3n) is 0. The molecule has 0 aromatic carbocycles. The lowest BCUT2D eigenvalue weighted by atomic mass is 11.0. The standard InChI is InChI=1S/C3H9N.NO3/c1-4(2)3;2-1(3)4/h1-3H3;/q;-1/p+1. The van der Waals surface area contributed by atoms with Crippen LogP contribution in [-0.2, 0) is 0 Å². The summed E-state index contributed by atoms with van der Waals surface area (Å²) in [5.41, 5.74) is 0. The Labute approximate surface area is 47.6 Å². The molecule has 0 fully saturated rings. The molecule has 0 saturated heterocycles. The van der Waals surface area contributed by atoms with E-state index >= 15 is 0 Å². The first kappa shape index (κ1) is 10.2. The molecule has 0 aromatic rings. The zero-order valence-corrected chi connectivity index (χ0v) is 5.17. The minimum Gasteiger partial charge on any atom is -0.356 e. The molecule has 8 heavy (non-hydrogen) atoms. The Bertz CT molecular complexity index is 56.8. The van der Waals surface area contributed by atoms with Crippen molar-refractivity contribution >= 4 is 0 Å². The van der Waals surface area contributed by atoms with Crippen molar-refractivity contribution in [3.63, 3.8) is 0 Å². The Morgan fingerprint density at radius 3 is 1.25 bits per heavy atom. The zero-order chi connectivity index (χ0) is 7.15. The van der Waals surface area contributed by atoms with E-state index in [1.54, 1.807) is 0 Å². The van der Waals surface area contributed by atoms with E-state index in [2.05, 4.69) is 21.1 Å². The molecule has 0 aliphatic carbocycles. The fraction of sp³-hybridized carbons (Fsp3) is 1.00. The summed E-state index contributed by atoms with van der Waals surface area (Å²) < 4.78 is 0. The lowest BCUT2D eigenvalue weighted by Gasteiger charge is -1.88. The Morgan fingerprint density at radius 2 is 1.25 bits per heavy atom. The minimum absolute atomic E-state index is 1.42. The predicted octanol–water partition coefficient (Wildman–Crippen LogP) is -1.48. The largest absolute Gasteiger partial charge is 0.356 e. The second-order valence-electron chi connectivity index (χ2n) is 1.72. The summed E-state index contributed by atoms with van der Waals surface area (Å²) in [6.07, 6.45) is 0. The van der Waals surface area contributed by atoms with Crippen LogP contribution < -0.4 is 4.90 Å². The van der Waals surface area contributed by atoms with E-state index in [9.17, 15) is 0 Å². The second kappa shape index (κ2) is 6.16. The van der Waals surface area contributed by atoms with Crippen molar-refractivity contribution in [3.8, 4) is 0 Å². The lowest BCUT2D eigenvalue weighted by Crippen LogP contribution is -3.02. The first-order valence-corrected chi connectivity index (χ1v) is 2.05. The predicted molar refractivity (Wildman–Crippen MR) is 29.1 cm³/mol. The van der Waals surface area contributed by atoms with Gasteiger partial charge in [-0.3, -0.25) is 0 Å². The van der Waals surface area contributed by atoms with Crippen molar-refractivity contribution in [2.45, 2.75) is 0 Å². The Balaban J connectivity index is 0. The van der Waals surface area contributed by atoms with E-state index in [-0.39, 0.29) is 0 Å². The third-order valence-corrected chi connectivity index (χ3v) is 0. The molecule has 5 nitrogen and oxygen atoms in total. The summed E-state index contributed by atoms with van der Waals surface area (Å²) in [6.45, 7) is 0. The monoisotopic (exact) mass is 122 g/mol. The molecule has 5 heteroatoms. The highest BCUT2D eigenvalue weighted by molar-refractivity contribution is 4.03. The molecule has 0 rings (SSSR count). The summed E-state index contributed by atoms with van der Waals surface area (Å²) in [6, 6.07) is 0. The van der Waals surface area contributed by atoms with E-state index < -0.39 is 5.09 Å². The fourth-order valence-electron chi connectivity index (χ4n) is 0. The molecule has 1 N–H and O–H groups in total. The van der Waals surface area contributed by atoms with Gasteiger partial charge in [-0.2, -0.15) is 0 Å². The van der Waals surface area contributed by atoms with Crippen molar-refractivity contribution in [2.24, 2.45) is 0 Å². The molecular weight excluding hydrogens is 112 g/mol. The van der Waals surface area contributed by atoms with Crippen LogP contribution in [0.1, 0.15) is 0 Å². The molecule has 50 valence electrons. The van der Waals surface area contributed by atoms with E-state index in [1.807, 2.05) is 0 Å². The minimum atomic E-state index is -1.75. The first-order valence-electron chi connectivity index (χ1n) is 2.05. The van der Waals surface area contributed by atoms with Gasteiger partial charge in [0.1, 0.15) is 0 Å². The molecular formula is C3H10N2O3. The Hall–Kier alpha value is -0.840. The number of quaternary nitrogens is 1. The van der Waals surface area contributed by atoms with Crippen LogP contribution in [0.2, 0.25) is 0 Å². The van der Waals surface area contributed by atoms with Gasteiger partial charge in [-0.1, -0.05) is 0 Å². The van der Waals surface area contributed by atoms with Gasteiger partial charge >= 0.3 is 0 Å². The number of hydrogen-bond donors (Lipinski definition) is 1. The van der Waals surface area contributed by atoms with Crippen LogP contribution in [0.5, 0.6) is 0 Å². The number of hydrogen-bond acceptors (Lipinski definition) is 3. The number of nitrogens with zero attached hydrogens (tertiary/aromatic N) is 1. The summed E-state index contributed by atoms with van der Waals surface area (Å²) in [5, 5.41) is 14.8. The van der Waals surface area contributed by atoms with Gasteiger partial charge in [0.25, 0.3) is 0 Å². The van der Waals surface area contributed by atoms with Crippen LogP contribution in [-0.4, -0.2) is 26.2 Å². The maximum Gasteiger partial charge on any atom is 0.0689 e. The Morgan fingerprint density at radius 1 is 1.25 bits per heavy atom. The molecule has 0 amide bonds. The fourth-order valence-corrected chi connectivity index (χ4v) is 0. The number of rotatable bonds is 0. The quantitative estimate of drug-likeness (QED) is 0.314. The van der Waals surface area contributed by atoms with Gasteiger partial charge in [-0.15, -0.1) is 0 Å². The molecule has 0 unspecified atom stereocenters. The second-order valence-corrected chi connectivity index (χ2v) is 1.72. The van der Waals surface area contributed by atoms with Gasteiger partial charge in [0.2, 0.25) is 0 Å². The maximum atomic E-state index is 8.25. The summed E-state index contributed by atoms with van der Waals surface area (Å²) in [4.78, 5) is 9.67. The molecule has 0 aliphatic heterocycles. The van der Waals surface area contributed by atoms with Gasteiger partial charge < -0.3 is 20.2 Å². The van der Waals surface area contributed by atoms with Crippen molar-refractivity contribution < 1.29 is 9.99 Å². The highest BCUT2D eigenvalue weighted by atomic mass is 16.9. The SMILES string of the molecule is C[NH+](C)C.O=[N+]([O-])[O-]. The van der Waals surface area contributed by atoms with Crippen LogP contribution in [0.4, 0.5) is 0 Å². The van der Waals surface area contributed by atoms with Gasteiger partial charge in [0.05, 0.1) is 26.2 Å². The molecule has 0 bridgehead atoms. The van der Waals surface area contributed by atoms with Gasteiger partial charge in [-0.05, 0) is 0 Å². The van der Waals surface area contributed by atoms with Crippen LogP contribution >= 0.6 is 0 Å². The topological polar surface area (TPSA) is 70.6 Å². The molecule has 0 radical (unpaired) electrons. The van der Waals surface area contributed by atoms with Crippen molar-refractivity contribution in [1.29, 1.82) is 0 Å². The van der Waals surface area contributed by atoms with Gasteiger partial charge in [0.15, 0.2) is 0 Å².